The van der Waals surface area contributed by atoms with Crippen LogP contribution in [0, 0.1) is 0 Å². The summed E-state index contributed by atoms with van der Waals surface area (Å²) in [7, 11) is 0. The van der Waals surface area contributed by atoms with Crippen LogP contribution >= 0.6 is 35.0 Å². The molecule has 0 fully saturated rings. The zero-order valence-corrected chi connectivity index (χ0v) is 12.0. The third kappa shape index (κ3) is 4.16. The molecule has 0 saturated carbocycles. The van der Waals surface area contributed by atoms with E-state index >= 15 is 0 Å². The second kappa shape index (κ2) is 6.32. The van der Waals surface area contributed by atoms with Gasteiger partial charge in [0.2, 0.25) is 0 Å². The molecule has 0 aliphatic heterocycles. The number of hydrogen-bond donors (Lipinski definition) is 2. The molecule has 19 heavy (non-hydrogen) atoms. The van der Waals surface area contributed by atoms with Crippen LogP contribution in [0.4, 0.5) is 0 Å². The maximum absolute atomic E-state index is 11.1. The summed E-state index contributed by atoms with van der Waals surface area (Å²) < 4.78 is 0. The number of H-pyrrole nitrogens is 2. The maximum Gasteiger partial charge on any atom is 0.325 e. The summed E-state index contributed by atoms with van der Waals surface area (Å²) >= 11 is 13.4. The quantitative estimate of drug-likeness (QED) is 0.911. The van der Waals surface area contributed by atoms with Gasteiger partial charge >= 0.3 is 5.69 Å². The number of aromatic nitrogens is 2. The van der Waals surface area contributed by atoms with Crippen molar-refractivity contribution in [2.24, 2.45) is 0 Å². The van der Waals surface area contributed by atoms with Gasteiger partial charge in [0.05, 0.1) is 0 Å². The third-order valence-corrected chi connectivity index (χ3v) is 3.96. The number of benzene rings is 1. The lowest BCUT2D eigenvalue weighted by atomic mass is 10.2. The Labute approximate surface area is 123 Å². The molecule has 100 valence electrons. The van der Waals surface area contributed by atoms with Gasteiger partial charge in [0.15, 0.2) is 0 Å². The lowest BCUT2D eigenvalue weighted by Crippen LogP contribution is -2.22. The van der Waals surface area contributed by atoms with E-state index in [2.05, 4.69) is 9.97 Å². The van der Waals surface area contributed by atoms with Crippen molar-refractivity contribution in [1.82, 2.24) is 9.97 Å². The number of nitrogens with one attached hydrogen (secondary N) is 2. The van der Waals surface area contributed by atoms with Crippen molar-refractivity contribution in [3.05, 3.63) is 66.4 Å². The molecule has 2 aromatic rings. The molecule has 0 atom stereocenters. The highest BCUT2D eigenvalue weighted by Crippen LogP contribution is 2.25. The van der Waals surface area contributed by atoms with E-state index in [1.165, 1.54) is 6.07 Å². The maximum atomic E-state index is 11.1. The third-order valence-electron chi connectivity index (χ3n) is 2.35. The van der Waals surface area contributed by atoms with Crippen molar-refractivity contribution in [3.63, 3.8) is 0 Å². The van der Waals surface area contributed by atoms with Crippen molar-refractivity contribution < 1.29 is 0 Å². The fourth-order valence-corrected chi connectivity index (χ4v) is 3.01. The van der Waals surface area contributed by atoms with Gasteiger partial charge in [-0.3, -0.25) is 9.78 Å². The van der Waals surface area contributed by atoms with E-state index in [1.807, 2.05) is 6.07 Å². The van der Waals surface area contributed by atoms with Crippen LogP contribution < -0.4 is 11.2 Å². The molecule has 0 radical (unpaired) electrons. The van der Waals surface area contributed by atoms with Crippen LogP contribution in [0.2, 0.25) is 10.0 Å². The fraction of sp³-hybridized carbons (Fsp3) is 0.167. The van der Waals surface area contributed by atoms with Crippen molar-refractivity contribution in [2.75, 3.05) is 0 Å². The summed E-state index contributed by atoms with van der Waals surface area (Å²) in [6.45, 7) is 0. The minimum atomic E-state index is -0.493. The molecule has 2 rings (SSSR count). The van der Waals surface area contributed by atoms with Crippen LogP contribution in [0.1, 0.15) is 11.3 Å². The largest absolute Gasteiger partial charge is 0.325 e. The number of halogens is 2. The minimum absolute atomic E-state index is 0.399. The average Bonchev–Trinajstić information content (AvgIpc) is 2.30. The van der Waals surface area contributed by atoms with Gasteiger partial charge in [0.25, 0.3) is 5.56 Å². The second-order valence-electron chi connectivity index (χ2n) is 3.84. The lowest BCUT2D eigenvalue weighted by Gasteiger charge is -2.04. The Morgan fingerprint density at radius 3 is 2.53 bits per heavy atom. The second-order valence-corrected chi connectivity index (χ2v) is 5.67. The number of thioether (sulfide) groups is 1. The van der Waals surface area contributed by atoms with Crippen molar-refractivity contribution in [1.29, 1.82) is 0 Å². The highest BCUT2D eigenvalue weighted by molar-refractivity contribution is 7.97. The van der Waals surface area contributed by atoms with Crippen LogP contribution in [-0.2, 0) is 11.5 Å². The molecule has 2 N–H and O–H groups in total. The van der Waals surface area contributed by atoms with Crippen molar-refractivity contribution >= 4 is 35.0 Å². The fourth-order valence-electron chi connectivity index (χ4n) is 1.51. The van der Waals surface area contributed by atoms with E-state index in [4.69, 9.17) is 23.2 Å². The van der Waals surface area contributed by atoms with E-state index in [0.29, 0.717) is 27.2 Å². The Kier molecular flexibility index (Phi) is 4.74. The molecule has 0 bridgehead atoms. The Morgan fingerprint density at radius 1 is 1.05 bits per heavy atom. The summed E-state index contributed by atoms with van der Waals surface area (Å²) in [5, 5.41) is 1.21. The van der Waals surface area contributed by atoms with Crippen LogP contribution in [0.25, 0.3) is 0 Å². The Morgan fingerprint density at radius 2 is 1.84 bits per heavy atom. The zero-order chi connectivity index (χ0) is 13.8. The highest BCUT2D eigenvalue weighted by atomic mass is 35.5. The van der Waals surface area contributed by atoms with E-state index in [0.717, 1.165) is 5.56 Å². The molecule has 0 aliphatic carbocycles. The summed E-state index contributed by atoms with van der Waals surface area (Å²) in [6, 6.07) is 6.70. The Hall–Kier alpha value is -1.17. The zero-order valence-electron chi connectivity index (χ0n) is 9.70. The topological polar surface area (TPSA) is 65.7 Å². The standard InChI is InChI=1S/C12H10Cl2N2O2S/c13-8-2-1-7(10(14)3-8)5-19-6-9-4-11(17)16-12(18)15-9/h1-4H,5-6H2,(H2,15,16,17,18). The summed E-state index contributed by atoms with van der Waals surface area (Å²) in [5.74, 6) is 1.20. The SMILES string of the molecule is O=c1cc(CSCc2ccc(Cl)cc2Cl)[nH]c(=O)[nH]1. The first-order chi connectivity index (χ1) is 9.04. The van der Waals surface area contributed by atoms with E-state index < -0.39 is 11.2 Å². The van der Waals surface area contributed by atoms with Gasteiger partial charge in [-0.25, -0.2) is 4.79 Å². The van der Waals surface area contributed by atoms with Gasteiger partial charge in [0.1, 0.15) is 0 Å². The number of rotatable bonds is 4. The van der Waals surface area contributed by atoms with Crippen LogP contribution in [-0.4, -0.2) is 9.97 Å². The highest BCUT2D eigenvalue weighted by Gasteiger charge is 2.03. The molecule has 4 nitrogen and oxygen atoms in total. The molecule has 0 spiro atoms. The molecular weight excluding hydrogens is 307 g/mol. The lowest BCUT2D eigenvalue weighted by molar-refractivity contribution is 0.986. The minimum Gasteiger partial charge on any atom is -0.310 e. The predicted molar refractivity (Wildman–Crippen MR) is 79.1 cm³/mol. The Bertz CT molecular complexity index is 668. The van der Waals surface area contributed by atoms with Crippen molar-refractivity contribution in [2.45, 2.75) is 11.5 Å². The predicted octanol–water partition coefficient (Wildman–Crippen LogP) is 2.80. The van der Waals surface area contributed by atoms with E-state index in [-0.39, 0.29) is 0 Å². The van der Waals surface area contributed by atoms with E-state index in [1.54, 1.807) is 23.9 Å². The summed E-state index contributed by atoms with van der Waals surface area (Å²) in [5.41, 5.74) is 0.656. The first-order valence-electron chi connectivity index (χ1n) is 5.39. The molecule has 0 aliphatic rings. The van der Waals surface area contributed by atoms with Gasteiger partial charge in [-0.15, -0.1) is 0 Å². The van der Waals surface area contributed by atoms with Gasteiger partial charge in [0, 0.05) is 33.3 Å². The molecule has 1 aromatic heterocycles. The molecule has 7 heteroatoms. The average molecular weight is 317 g/mol. The molecule has 1 aromatic carbocycles. The van der Waals surface area contributed by atoms with Crippen LogP contribution in [0.3, 0.4) is 0 Å². The number of aromatic amines is 2. The molecular formula is C12H10Cl2N2O2S. The normalized spacial score (nSPS) is 10.6. The molecule has 0 amide bonds. The molecule has 0 unspecified atom stereocenters. The van der Waals surface area contributed by atoms with Gasteiger partial charge < -0.3 is 4.98 Å². The molecule has 1 heterocycles. The van der Waals surface area contributed by atoms with Gasteiger partial charge in [-0.05, 0) is 17.7 Å². The Balaban J connectivity index is 2.00. The van der Waals surface area contributed by atoms with Gasteiger partial charge in [-0.1, -0.05) is 29.3 Å². The van der Waals surface area contributed by atoms with E-state index in [9.17, 15) is 9.59 Å². The molecule has 0 saturated heterocycles. The first kappa shape index (κ1) is 14.2. The van der Waals surface area contributed by atoms with Crippen LogP contribution in [0.5, 0.6) is 0 Å². The monoisotopic (exact) mass is 316 g/mol. The van der Waals surface area contributed by atoms with Crippen molar-refractivity contribution in [3.8, 4) is 0 Å². The smallest absolute Gasteiger partial charge is 0.310 e. The number of hydrogen-bond acceptors (Lipinski definition) is 3. The summed E-state index contributed by atoms with van der Waals surface area (Å²) in [4.78, 5) is 26.9. The first-order valence-corrected chi connectivity index (χ1v) is 7.30. The summed E-state index contributed by atoms with van der Waals surface area (Å²) in [6.07, 6.45) is 0. The van der Waals surface area contributed by atoms with Crippen LogP contribution in [0.15, 0.2) is 33.9 Å². The van der Waals surface area contributed by atoms with Gasteiger partial charge in [-0.2, -0.15) is 11.8 Å².